The third-order valence-electron chi connectivity index (χ3n) is 4.18. The van der Waals surface area contributed by atoms with Crippen molar-refractivity contribution in [2.24, 2.45) is 0 Å². The van der Waals surface area contributed by atoms with Crippen LogP contribution < -0.4 is 15.0 Å². The molecule has 0 fully saturated rings. The van der Waals surface area contributed by atoms with E-state index in [4.69, 9.17) is 14.2 Å². The van der Waals surface area contributed by atoms with Gasteiger partial charge in [-0.3, -0.25) is 4.79 Å². The first-order chi connectivity index (χ1) is 12.6. The van der Waals surface area contributed by atoms with Crippen molar-refractivity contribution in [2.45, 2.75) is 6.54 Å². The Hall–Kier alpha value is -3.28. The third kappa shape index (κ3) is 3.26. The minimum Gasteiger partial charge on any atom is -0.493 e. The van der Waals surface area contributed by atoms with E-state index in [9.17, 15) is 9.59 Å². The number of methoxy groups -OCH3 is 3. The van der Waals surface area contributed by atoms with E-state index in [2.05, 4.69) is 0 Å². The average Bonchev–Trinajstić information content (AvgIpc) is 2.68. The highest BCUT2D eigenvalue weighted by Gasteiger charge is 2.11. The molecule has 3 rings (SSSR count). The molecule has 0 amide bonds. The van der Waals surface area contributed by atoms with Crippen molar-refractivity contribution in [1.82, 2.24) is 4.57 Å². The fourth-order valence-corrected chi connectivity index (χ4v) is 2.85. The predicted octanol–water partition coefficient (Wildman–Crippen LogP) is 2.85. The number of hydrogen-bond donors (Lipinski definition) is 0. The normalized spacial score (nSPS) is 10.6. The summed E-state index contributed by atoms with van der Waals surface area (Å²) >= 11 is 0. The maximum absolute atomic E-state index is 12.9. The highest BCUT2D eigenvalue weighted by Crippen LogP contribution is 2.30. The van der Waals surface area contributed by atoms with Crippen LogP contribution >= 0.6 is 0 Å². The van der Waals surface area contributed by atoms with Crippen LogP contribution in [0.3, 0.4) is 0 Å². The molecule has 0 unspecified atom stereocenters. The number of esters is 1. The Morgan fingerprint density at radius 2 is 1.73 bits per heavy atom. The monoisotopic (exact) mass is 353 g/mol. The van der Waals surface area contributed by atoms with Crippen LogP contribution in [0, 0.1) is 0 Å². The number of aromatic nitrogens is 1. The van der Waals surface area contributed by atoms with Gasteiger partial charge >= 0.3 is 5.97 Å². The van der Waals surface area contributed by atoms with E-state index in [0.717, 1.165) is 10.9 Å². The van der Waals surface area contributed by atoms with Gasteiger partial charge in [-0.15, -0.1) is 0 Å². The van der Waals surface area contributed by atoms with Gasteiger partial charge in [-0.1, -0.05) is 12.1 Å². The van der Waals surface area contributed by atoms with Gasteiger partial charge in [0.05, 0.1) is 38.8 Å². The summed E-state index contributed by atoms with van der Waals surface area (Å²) in [6.45, 7) is 0.341. The number of benzene rings is 2. The van der Waals surface area contributed by atoms with Gasteiger partial charge in [-0.05, 0) is 41.3 Å². The second kappa shape index (κ2) is 7.31. The smallest absolute Gasteiger partial charge is 0.337 e. The van der Waals surface area contributed by atoms with Crippen LogP contribution in [0.2, 0.25) is 0 Å². The van der Waals surface area contributed by atoms with Gasteiger partial charge in [-0.2, -0.15) is 0 Å². The molecule has 6 nitrogen and oxygen atoms in total. The molecule has 0 aliphatic rings. The minimum atomic E-state index is -0.408. The lowest BCUT2D eigenvalue weighted by atomic mass is 10.1. The van der Waals surface area contributed by atoms with Crippen molar-refractivity contribution < 1.29 is 19.0 Å². The van der Waals surface area contributed by atoms with Crippen molar-refractivity contribution in [1.29, 1.82) is 0 Å². The first kappa shape index (κ1) is 17.5. The molecule has 134 valence electrons. The molecular weight excluding hydrogens is 334 g/mol. The molecule has 0 aliphatic carbocycles. The molecule has 0 N–H and O–H groups in total. The first-order valence-electron chi connectivity index (χ1n) is 8.00. The van der Waals surface area contributed by atoms with Gasteiger partial charge in [0.15, 0.2) is 11.5 Å². The van der Waals surface area contributed by atoms with Crippen molar-refractivity contribution in [3.8, 4) is 11.5 Å². The van der Waals surface area contributed by atoms with E-state index in [-0.39, 0.29) is 5.56 Å². The predicted molar refractivity (Wildman–Crippen MR) is 98.2 cm³/mol. The standard InChI is InChI=1S/C20H19NO5/c1-24-17-10-14-7-8-21(19(22)16(14)11-18(17)25-2)12-13-5-4-6-15(9-13)20(23)26-3/h4-11H,12H2,1-3H3. The number of ether oxygens (including phenoxy) is 3. The minimum absolute atomic E-state index is 0.146. The fraction of sp³-hybridized carbons (Fsp3) is 0.200. The molecule has 3 aromatic rings. The van der Waals surface area contributed by atoms with Crippen LogP contribution in [0.1, 0.15) is 15.9 Å². The number of rotatable bonds is 5. The van der Waals surface area contributed by atoms with Gasteiger partial charge in [-0.25, -0.2) is 4.79 Å². The van der Waals surface area contributed by atoms with Crippen LogP contribution in [-0.2, 0) is 11.3 Å². The van der Waals surface area contributed by atoms with Crippen LogP contribution in [0.4, 0.5) is 0 Å². The Labute approximate surface area is 150 Å². The maximum atomic E-state index is 12.9. The number of nitrogens with zero attached hydrogens (tertiary/aromatic N) is 1. The number of fused-ring (bicyclic) bond motifs is 1. The molecule has 0 saturated heterocycles. The molecule has 0 spiro atoms. The molecule has 0 atom stereocenters. The lowest BCUT2D eigenvalue weighted by Gasteiger charge is -2.11. The zero-order valence-corrected chi connectivity index (χ0v) is 14.8. The van der Waals surface area contributed by atoms with Crippen molar-refractivity contribution in [2.75, 3.05) is 21.3 Å². The summed E-state index contributed by atoms with van der Waals surface area (Å²) in [5, 5.41) is 1.31. The molecule has 0 radical (unpaired) electrons. The van der Waals surface area contributed by atoms with E-state index in [1.807, 2.05) is 12.1 Å². The number of hydrogen-bond acceptors (Lipinski definition) is 5. The van der Waals surface area contributed by atoms with Gasteiger partial charge in [0.1, 0.15) is 0 Å². The molecule has 1 aromatic heterocycles. The SMILES string of the molecule is COC(=O)c1cccc(Cn2ccc3cc(OC)c(OC)cc3c2=O)c1. The highest BCUT2D eigenvalue weighted by atomic mass is 16.5. The van der Waals surface area contributed by atoms with Crippen LogP contribution in [0.25, 0.3) is 10.8 Å². The Morgan fingerprint density at radius 1 is 1.00 bits per heavy atom. The zero-order chi connectivity index (χ0) is 18.7. The Kier molecular flexibility index (Phi) is 4.93. The number of carbonyl (C=O) groups excluding carboxylic acids is 1. The summed E-state index contributed by atoms with van der Waals surface area (Å²) in [6, 6.07) is 12.3. The quantitative estimate of drug-likeness (QED) is 0.660. The van der Waals surface area contributed by atoms with E-state index in [1.54, 1.807) is 48.2 Å². The maximum Gasteiger partial charge on any atom is 0.337 e. The fourth-order valence-electron chi connectivity index (χ4n) is 2.85. The Morgan fingerprint density at radius 3 is 2.42 bits per heavy atom. The summed E-state index contributed by atoms with van der Waals surface area (Å²) in [5.74, 6) is 0.667. The second-order valence-electron chi connectivity index (χ2n) is 5.74. The first-order valence-corrected chi connectivity index (χ1v) is 8.00. The highest BCUT2D eigenvalue weighted by molar-refractivity contribution is 5.89. The summed E-state index contributed by atoms with van der Waals surface area (Å²) in [5.41, 5.74) is 1.13. The Balaban J connectivity index is 2.03. The lowest BCUT2D eigenvalue weighted by molar-refractivity contribution is 0.0600. The van der Waals surface area contributed by atoms with E-state index < -0.39 is 5.97 Å². The van der Waals surface area contributed by atoms with Crippen LogP contribution in [0.5, 0.6) is 11.5 Å². The van der Waals surface area contributed by atoms with Gasteiger partial charge in [0.25, 0.3) is 5.56 Å². The molecule has 0 bridgehead atoms. The second-order valence-corrected chi connectivity index (χ2v) is 5.74. The summed E-state index contributed by atoms with van der Waals surface area (Å²) in [4.78, 5) is 24.5. The van der Waals surface area contributed by atoms with Gasteiger partial charge < -0.3 is 18.8 Å². The van der Waals surface area contributed by atoms with Crippen LogP contribution in [0.15, 0.2) is 53.5 Å². The van der Waals surface area contributed by atoms with E-state index >= 15 is 0 Å². The van der Waals surface area contributed by atoms with E-state index in [1.165, 1.54) is 14.2 Å². The summed E-state index contributed by atoms with van der Waals surface area (Å²) < 4.78 is 16.9. The van der Waals surface area contributed by atoms with Crippen molar-refractivity contribution in [3.63, 3.8) is 0 Å². The molecule has 26 heavy (non-hydrogen) atoms. The average molecular weight is 353 g/mol. The van der Waals surface area contributed by atoms with Gasteiger partial charge in [0, 0.05) is 6.20 Å². The number of pyridine rings is 1. The molecule has 0 aliphatic heterocycles. The van der Waals surface area contributed by atoms with Crippen LogP contribution in [-0.4, -0.2) is 31.9 Å². The Bertz CT molecular complexity index is 1020. The molecule has 6 heteroatoms. The zero-order valence-electron chi connectivity index (χ0n) is 14.8. The van der Waals surface area contributed by atoms with Gasteiger partial charge in [0.2, 0.25) is 0 Å². The largest absolute Gasteiger partial charge is 0.493 e. The topological polar surface area (TPSA) is 66.8 Å². The van der Waals surface area contributed by atoms with E-state index in [0.29, 0.717) is 29.0 Å². The molecule has 0 saturated carbocycles. The summed E-state index contributed by atoms with van der Waals surface area (Å²) in [7, 11) is 4.42. The lowest BCUT2D eigenvalue weighted by Crippen LogP contribution is -2.20. The van der Waals surface area contributed by atoms with Crippen molar-refractivity contribution in [3.05, 3.63) is 70.1 Å². The summed E-state index contributed by atoms with van der Waals surface area (Å²) in [6.07, 6.45) is 1.72. The molecule has 2 aromatic carbocycles. The van der Waals surface area contributed by atoms with Crippen molar-refractivity contribution >= 4 is 16.7 Å². The molecule has 1 heterocycles. The third-order valence-corrected chi connectivity index (χ3v) is 4.18. The molecular formula is C20H19NO5. The number of carbonyl (C=O) groups is 1.